The monoisotopic (exact) mass is 323 g/mol. The molecule has 0 N–H and O–H groups in total. The maximum atomic E-state index is 12.3. The van der Waals surface area contributed by atoms with Crippen molar-refractivity contribution in [3.05, 3.63) is 0 Å². The molecular formula is C17H25NO5. The summed E-state index contributed by atoms with van der Waals surface area (Å²) in [6, 6.07) is 0. The van der Waals surface area contributed by atoms with Crippen molar-refractivity contribution in [2.75, 3.05) is 32.8 Å². The zero-order chi connectivity index (χ0) is 16.2. The largest absolute Gasteiger partial charge is 0.461 e. The highest BCUT2D eigenvalue weighted by Gasteiger charge is 2.66. The van der Waals surface area contributed by atoms with Crippen molar-refractivity contribution in [2.24, 2.45) is 23.7 Å². The minimum absolute atomic E-state index is 0.0178. The average Bonchev–Trinajstić information content (AvgIpc) is 3.11. The Kier molecular flexibility index (Phi) is 3.65. The van der Waals surface area contributed by atoms with Gasteiger partial charge in [0.15, 0.2) is 0 Å². The van der Waals surface area contributed by atoms with Gasteiger partial charge in [-0.25, -0.2) is 0 Å². The molecule has 0 spiro atoms. The van der Waals surface area contributed by atoms with Gasteiger partial charge in [-0.05, 0) is 32.6 Å². The Morgan fingerprint density at radius 2 is 2.04 bits per heavy atom. The van der Waals surface area contributed by atoms with Gasteiger partial charge in [-0.1, -0.05) is 0 Å². The number of fused-ring (bicyclic) bond motifs is 5. The Balaban J connectivity index is 1.38. The standard InChI is InChI=1S/C17H25NO5/c1-17(2)15-11-7-10(14(15)16(20)23-17)8-12(11)22-13(19)9-18-3-5-21-6-4-18/h10-12,14-15H,3-9H2,1-2H3. The van der Waals surface area contributed by atoms with Gasteiger partial charge in [0.05, 0.1) is 25.7 Å². The first-order chi connectivity index (χ1) is 11.0. The lowest BCUT2D eigenvalue weighted by Crippen LogP contribution is -2.44. The molecular weight excluding hydrogens is 298 g/mol. The number of cyclic esters (lactones) is 1. The van der Waals surface area contributed by atoms with Gasteiger partial charge in [-0.2, -0.15) is 0 Å². The van der Waals surface area contributed by atoms with Crippen molar-refractivity contribution < 1.29 is 23.8 Å². The van der Waals surface area contributed by atoms with Gasteiger partial charge in [0.25, 0.3) is 0 Å². The molecule has 0 radical (unpaired) electrons. The van der Waals surface area contributed by atoms with Crippen LogP contribution in [0.2, 0.25) is 0 Å². The highest BCUT2D eigenvalue weighted by molar-refractivity contribution is 5.77. The predicted molar refractivity (Wildman–Crippen MR) is 80.5 cm³/mol. The second kappa shape index (κ2) is 5.45. The van der Waals surface area contributed by atoms with Crippen LogP contribution in [0, 0.1) is 23.7 Å². The van der Waals surface area contributed by atoms with E-state index in [-0.39, 0.29) is 35.8 Å². The molecule has 6 heteroatoms. The second-order valence-electron chi connectivity index (χ2n) is 7.89. The number of ether oxygens (including phenoxy) is 3. The molecule has 23 heavy (non-hydrogen) atoms. The maximum Gasteiger partial charge on any atom is 0.320 e. The molecule has 0 aromatic rings. The van der Waals surface area contributed by atoms with Gasteiger partial charge < -0.3 is 14.2 Å². The first-order valence-electron chi connectivity index (χ1n) is 8.68. The Bertz CT molecular complexity index is 513. The normalized spacial score (nSPS) is 41.7. The third-order valence-electron chi connectivity index (χ3n) is 6.12. The lowest BCUT2D eigenvalue weighted by Gasteiger charge is -2.35. The van der Waals surface area contributed by atoms with E-state index in [1.807, 2.05) is 13.8 Å². The average molecular weight is 323 g/mol. The number of morpholine rings is 1. The SMILES string of the molecule is CC1(C)OC(=O)C2C3CC(OC(=O)CN4CCOCC4)C(C3)C21. The number of rotatable bonds is 3. The van der Waals surface area contributed by atoms with Crippen molar-refractivity contribution in [3.63, 3.8) is 0 Å². The molecule has 4 fully saturated rings. The van der Waals surface area contributed by atoms with E-state index in [1.165, 1.54) is 0 Å². The first-order valence-corrected chi connectivity index (χ1v) is 8.68. The van der Waals surface area contributed by atoms with Crippen LogP contribution in [0.25, 0.3) is 0 Å². The quantitative estimate of drug-likeness (QED) is 0.717. The molecule has 0 aromatic carbocycles. The summed E-state index contributed by atoms with van der Waals surface area (Å²) in [4.78, 5) is 26.4. The summed E-state index contributed by atoms with van der Waals surface area (Å²) in [5.41, 5.74) is -0.434. The highest BCUT2D eigenvalue weighted by atomic mass is 16.6. The summed E-state index contributed by atoms with van der Waals surface area (Å²) in [5.74, 6) is 0.592. The Hall–Kier alpha value is -1.14. The van der Waals surface area contributed by atoms with Crippen molar-refractivity contribution in [1.82, 2.24) is 4.90 Å². The molecule has 2 aliphatic carbocycles. The Labute approximate surface area is 136 Å². The van der Waals surface area contributed by atoms with Crippen LogP contribution in [-0.4, -0.2) is 61.4 Å². The lowest BCUT2D eigenvalue weighted by atomic mass is 9.72. The molecule has 5 atom stereocenters. The van der Waals surface area contributed by atoms with Gasteiger partial charge in [-0.3, -0.25) is 14.5 Å². The van der Waals surface area contributed by atoms with E-state index < -0.39 is 5.60 Å². The van der Waals surface area contributed by atoms with Gasteiger partial charge in [0.1, 0.15) is 11.7 Å². The van der Waals surface area contributed by atoms with E-state index in [9.17, 15) is 9.59 Å². The van der Waals surface area contributed by atoms with Crippen molar-refractivity contribution in [3.8, 4) is 0 Å². The molecule has 4 aliphatic rings. The van der Waals surface area contributed by atoms with Gasteiger partial charge in [-0.15, -0.1) is 0 Å². The van der Waals surface area contributed by atoms with Crippen molar-refractivity contribution >= 4 is 11.9 Å². The topological polar surface area (TPSA) is 65.1 Å². The second-order valence-corrected chi connectivity index (χ2v) is 7.89. The number of hydrogen-bond acceptors (Lipinski definition) is 6. The molecule has 5 unspecified atom stereocenters. The molecule has 0 amide bonds. The van der Waals surface area contributed by atoms with Crippen molar-refractivity contribution in [2.45, 2.75) is 38.4 Å². The minimum Gasteiger partial charge on any atom is -0.461 e. The molecule has 2 bridgehead atoms. The molecule has 6 nitrogen and oxygen atoms in total. The zero-order valence-electron chi connectivity index (χ0n) is 13.8. The van der Waals surface area contributed by atoms with E-state index in [1.54, 1.807) is 0 Å². The third-order valence-corrected chi connectivity index (χ3v) is 6.12. The van der Waals surface area contributed by atoms with E-state index in [2.05, 4.69) is 4.90 Å². The summed E-state index contributed by atoms with van der Waals surface area (Å²) in [6.07, 6.45) is 1.75. The van der Waals surface area contributed by atoms with Crippen LogP contribution in [-0.2, 0) is 23.8 Å². The Morgan fingerprint density at radius 3 is 2.78 bits per heavy atom. The van der Waals surface area contributed by atoms with Crippen LogP contribution in [0.4, 0.5) is 0 Å². The smallest absolute Gasteiger partial charge is 0.320 e. The first kappa shape index (κ1) is 15.4. The van der Waals surface area contributed by atoms with Crippen LogP contribution in [0.1, 0.15) is 26.7 Å². The highest BCUT2D eigenvalue weighted by Crippen LogP contribution is 2.60. The summed E-state index contributed by atoms with van der Waals surface area (Å²) in [7, 11) is 0. The number of carbonyl (C=O) groups excluding carboxylic acids is 2. The van der Waals surface area contributed by atoms with Crippen LogP contribution >= 0.6 is 0 Å². The summed E-state index contributed by atoms with van der Waals surface area (Å²) in [6.45, 7) is 7.24. The molecule has 2 aliphatic heterocycles. The van der Waals surface area contributed by atoms with Crippen LogP contribution in [0.3, 0.4) is 0 Å². The van der Waals surface area contributed by atoms with Crippen molar-refractivity contribution in [1.29, 1.82) is 0 Å². The zero-order valence-corrected chi connectivity index (χ0v) is 13.8. The van der Waals surface area contributed by atoms with Gasteiger partial charge >= 0.3 is 11.9 Å². The molecule has 2 saturated heterocycles. The number of esters is 2. The number of nitrogens with zero attached hydrogens (tertiary/aromatic N) is 1. The molecule has 2 saturated carbocycles. The van der Waals surface area contributed by atoms with Crippen LogP contribution in [0.5, 0.6) is 0 Å². The van der Waals surface area contributed by atoms with Crippen LogP contribution in [0.15, 0.2) is 0 Å². The predicted octanol–water partition coefficient (Wildman–Crippen LogP) is 0.838. The fourth-order valence-electron chi connectivity index (χ4n) is 5.27. The minimum atomic E-state index is -0.434. The van der Waals surface area contributed by atoms with Gasteiger partial charge in [0, 0.05) is 24.9 Å². The molecule has 2 heterocycles. The molecule has 0 aromatic heterocycles. The third kappa shape index (κ3) is 2.56. The van der Waals surface area contributed by atoms with Crippen LogP contribution < -0.4 is 0 Å². The van der Waals surface area contributed by atoms with E-state index in [0.717, 1.165) is 25.9 Å². The molecule has 128 valence electrons. The number of carbonyl (C=O) groups is 2. The van der Waals surface area contributed by atoms with E-state index >= 15 is 0 Å². The maximum absolute atomic E-state index is 12.3. The van der Waals surface area contributed by atoms with E-state index in [0.29, 0.717) is 25.7 Å². The molecule has 4 rings (SSSR count). The number of hydrogen-bond donors (Lipinski definition) is 0. The van der Waals surface area contributed by atoms with E-state index in [4.69, 9.17) is 14.2 Å². The Morgan fingerprint density at radius 1 is 1.30 bits per heavy atom. The fraction of sp³-hybridized carbons (Fsp3) is 0.882. The summed E-state index contributed by atoms with van der Waals surface area (Å²) >= 11 is 0. The fourth-order valence-corrected chi connectivity index (χ4v) is 5.27. The summed E-state index contributed by atoms with van der Waals surface area (Å²) < 4.78 is 16.7. The summed E-state index contributed by atoms with van der Waals surface area (Å²) in [5, 5.41) is 0. The lowest BCUT2D eigenvalue weighted by molar-refractivity contribution is -0.157. The van der Waals surface area contributed by atoms with Gasteiger partial charge in [0.2, 0.25) is 0 Å².